The molecule has 0 radical (unpaired) electrons. The lowest BCUT2D eigenvalue weighted by Gasteiger charge is -2.22. The standard InChI is InChI=1S/C18H25FN2O3/c1-10(2)15(6-7-22)20-18(24)14-9-12(19)4-5-16(14)21-17(23)13-8-11(13)3/h4-5,9-11,13,15,22H,6-8H2,1-3H3,(H,20,24)(H,21,23). The minimum absolute atomic E-state index is 0.0382. The summed E-state index contributed by atoms with van der Waals surface area (Å²) in [5, 5.41) is 14.7. The average molecular weight is 336 g/mol. The first-order valence-corrected chi connectivity index (χ1v) is 8.35. The van der Waals surface area contributed by atoms with E-state index < -0.39 is 11.7 Å². The van der Waals surface area contributed by atoms with Gasteiger partial charge in [0.15, 0.2) is 0 Å². The lowest BCUT2D eigenvalue weighted by Crippen LogP contribution is -2.39. The van der Waals surface area contributed by atoms with Crippen molar-refractivity contribution in [1.29, 1.82) is 0 Å². The minimum atomic E-state index is -0.541. The molecule has 5 nitrogen and oxygen atoms in total. The Hall–Kier alpha value is -1.95. The van der Waals surface area contributed by atoms with E-state index in [-0.39, 0.29) is 36.0 Å². The van der Waals surface area contributed by atoms with Gasteiger partial charge in [-0.1, -0.05) is 20.8 Å². The van der Waals surface area contributed by atoms with Gasteiger partial charge in [-0.3, -0.25) is 9.59 Å². The fraction of sp³-hybridized carbons (Fsp3) is 0.556. The van der Waals surface area contributed by atoms with E-state index in [1.807, 2.05) is 20.8 Å². The van der Waals surface area contributed by atoms with E-state index in [0.717, 1.165) is 12.5 Å². The van der Waals surface area contributed by atoms with Crippen LogP contribution in [0.3, 0.4) is 0 Å². The monoisotopic (exact) mass is 336 g/mol. The van der Waals surface area contributed by atoms with Crippen LogP contribution < -0.4 is 10.6 Å². The summed E-state index contributed by atoms with van der Waals surface area (Å²) in [6.07, 6.45) is 1.25. The average Bonchev–Trinajstić information content (AvgIpc) is 3.25. The lowest BCUT2D eigenvalue weighted by molar-refractivity contribution is -0.117. The molecule has 0 aliphatic heterocycles. The van der Waals surface area contributed by atoms with E-state index in [9.17, 15) is 14.0 Å². The number of carbonyl (C=O) groups excluding carboxylic acids is 2. The number of rotatable bonds is 7. The maximum Gasteiger partial charge on any atom is 0.253 e. The minimum Gasteiger partial charge on any atom is -0.396 e. The molecule has 3 N–H and O–H groups in total. The molecule has 1 aliphatic rings. The van der Waals surface area contributed by atoms with Gasteiger partial charge in [-0.05, 0) is 42.9 Å². The first-order chi connectivity index (χ1) is 11.3. The van der Waals surface area contributed by atoms with Gasteiger partial charge in [-0.2, -0.15) is 0 Å². The lowest BCUT2D eigenvalue weighted by atomic mass is 10.0. The molecule has 1 fully saturated rings. The Balaban J connectivity index is 2.16. The van der Waals surface area contributed by atoms with Crippen LogP contribution in [0.5, 0.6) is 0 Å². The quantitative estimate of drug-likeness (QED) is 0.716. The van der Waals surface area contributed by atoms with E-state index in [2.05, 4.69) is 10.6 Å². The van der Waals surface area contributed by atoms with E-state index in [0.29, 0.717) is 18.0 Å². The van der Waals surface area contributed by atoms with Gasteiger partial charge in [0.2, 0.25) is 5.91 Å². The molecule has 132 valence electrons. The van der Waals surface area contributed by atoms with Crippen molar-refractivity contribution in [3.05, 3.63) is 29.6 Å². The summed E-state index contributed by atoms with van der Waals surface area (Å²) < 4.78 is 13.6. The topological polar surface area (TPSA) is 78.4 Å². The molecule has 0 spiro atoms. The zero-order valence-electron chi connectivity index (χ0n) is 14.3. The second kappa shape index (κ2) is 7.75. The zero-order valence-corrected chi connectivity index (χ0v) is 14.3. The highest BCUT2D eigenvalue weighted by Gasteiger charge is 2.39. The van der Waals surface area contributed by atoms with Crippen molar-refractivity contribution in [1.82, 2.24) is 5.32 Å². The SMILES string of the molecule is CC(C)C(CCO)NC(=O)c1cc(F)ccc1NC(=O)C1CC1C. The molecule has 0 bridgehead atoms. The highest BCUT2D eigenvalue weighted by molar-refractivity contribution is 6.04. The molecular formula is C18H25FN2O3. The van der Waals surface area contributed by atoms with Crippen LogP contribution in [-0.2, 0) is 4.79 Å². The number of amides is 2. The van der Waals surface area contributed by atoms with Crippen LogP contribution in [-0.4, -0.2) is 29.6 Å². The predicted octanol–water partition coefficient (Wildman–Crippen LogP) is 2.56. The van der Waals surface area contributed by atoms with Crippen LogP contribution in [0.1, 0.15) is 44.0 Å². The van der Waals surface area contributed by atoms with E-state index in [1.165, 1.54) is 12.1 Å². The van der Waals surface area contributed by atoms with E-state index >= 15 is 0 Å². The molecule has 3 atom stereocenters. The first kappa shape index (κ1) is 18.4. The second-order valence-electron chi connectivity index (χ2n) is 6.83. The van der Waals surface area contributed by atoms with Crippen molar-refractivity contribution in [3.63, 3.8) is 0 Å². The Morgan fingerprint density at radius 2 is 2.04 bits per heavy atom. The zero-order chi connectivity index (χ0) is 17.9. The molecule has 0 aromatic heterocycles. The summed E-state index contributed by atoms with van der Waals surface area (Å²) in [4.78, 5) is 24.6. The fourth-order valence-corrected chi connectivity index (χ4v) is 2.68. The highest BCUT2D eigenvalue weighted by atomic mass is 19.1. The molecular weight excluding hydrogens is 311 g/mol. The van der Waals surface area contributed by atoms with Crippen molar-refractivity contribution in [3.8, 4) is 0 Å². The van der Waals surface area contributed by atoms with Gasteiger partial charge in [0.25, 0.3) is 5.91 Å². The van der Waals surface area contributed by atoms with Crippen molar-refractivity contribution in [2.75, 3.05) is 11.9 Å². The van der Waals surface area contributed by atoms with Gasteiger partial charge < -0.3 is 15.7 Å². The predicted molar refractivity (Wildman–Crippen MR) is 90.1 cm³/mol. The first-order valence-electron chi connectivity index (χ1n) is 8.35. The largest absolute Gasteiger partial charge is 0.396 e. The van der Waals surface area contributed by atoms with Crippen LogP contribution >= 0.6 is 0 Å². The number of halogens is 1. The van der Waals surface area contributed by atoms with Gasteiger partial charge in [0.1, 0.15) is 5.82 Å². The van der Waals surface area contributed by atoms with Crippen molar-refractivity contribution < 1.29 is 19.1 Å². The van der Waals surface area contributed by atoms with Crippen LogP contribution in [0.4, 0.5) is 10.1 Å². The molecule has 2 amide bonds. The van der Waals surface area contributed by atoms with E-state index in [1.54, 1.807) is 0 Å². The smallest absolute Gasteiger partial charge is 0.253 e. The number of aliphatic hydroxyl groups excluding tert-OH is 1. The summed E-state index contributed by atoms with van der Waals surface area (Å²) >= 11 is 0. The number of hydrogen-bond donors (Lipinski definition) is 3. The van der Waals surface area contributed by atoms with Crippen LogP contribution in [0.2, 0.25) is 0 Å². The number of hydrogen-bond acceptors (Lipinski definition) is 3. The maximum absolute atomic E-state index is 13.6. The van der Waals surface area contributed by atoms with Crippen molar-refractivity contribution in [2.24, 2.45) is 17.8 Å². The Kier molecular flexibility index (Phi) is 5.94. The van der Waals surface area contributed by atoms with Gasteiger partial charge in [0, 0.05) is 18.6 Å². The normalized spacial score (nSPS) is 20.6. The highest BCUT2D eigenvalue weighted by Crippen LogP contribution is 2.38. The second-order valence-corrected chi connectivity index (χ2v) is 6.83. The Labute approximate surface area is 141 Å². The van der Waals surface area contributed by atoms with E-state index in [4.69, 9.17) is 5.11 Å². The molecule has 2 rings (SSSR count). The number of anilines is 1. The Morgan fingerprint density at radius 3 is 2.58 bits per heavy atom. The number of aliphatic hydroxyl groups is 1. The third kappa shape index (κ3) is 4.54. The van der Waals surface area contributed by atoms with Gasteiger partial charge >= 0.3 is 0 Å². The molecule has 1 aliphatic carbocycles. The fourth-order valence-electron chi connectivity index (χ4n) is 2.68. The van der Waals surface area contributed by atoms with Gasteiger partial charge in [-0.15, -0.1) is 0 Å². The third-order valence-electron chi connectivity index (χ3n) is 4.49. The van der Waals surface area contributed by atoms with Crippen molar-refractivity contribution in [2.45, 2.75) is 39.7 Å². The van der Waals surface area contributed by atoms with Gasteiger partial charge in [0.05, 0.1) is 11.3 Å². The maximum atomic E-state index is 13.6. The molecule has 6 heteroatoms. The number of benzene rings is 1. The van der Waals surface area contributed by atoms with Gasteiger partial charge in [-0.25, -0.2) is 4.39 Å². The molecule has 3 unspecified atom stereocenters. The van der Waals surface area contributed by atoms with Crippen LogP contribution in [0.15, 0.2) is 18.2 Å². The number of nitrogens with one attached hydrogen (secondary N) is 2. The molecule has 0 saturated heterocycles. The Morgan fingerprint density at radius 1 is 1.38 bits per heavy atom. The molecule has 0 heterocycles. The summed E-state index contributed by atoms with van der Waals surface area (Å²) in [5.41, 5.74) is 0.407. The Bertz CT molecular complexity index is 618. The number of carbonyl (C=O) groups is 2. The molecule has 1 saturated carbocycles. The van der Waals surface area contributed by atoms with Crippen molar-refractivity contribution >= 4 is 17.5 Å². The summed E-state index contributed by atoms with van der Waals surface area (Å²) in [6, 6.07) is 3.53. The molecule has 24 heavy (non-hydrogen) atoms. The van der Waals surface area contributed by atoms with Crippen LogP contribution in [0.25, 0.3) is 0 Å². The molecule has 1 aromatic rings. The summed E-state index contributed by atoms with van der Waals surface area (Å²) in [6.45, 7) is 5.81. The third-order valence-corrected chi connectivity index (χ3v) is 4.49. The summed E-state index contributed by atoms with van der Waals surface area (Å²) in [5.74, 6) is -0.706. The van der Waals surface area contributed by atoms with Crippen LogP contribution in [0, 0.1) is 23.6 Å². The summed E-state index contributed by atoms with van der Waals surface area (Å²) in [7, 11) is 0. The molecule has 1 aromatic carbocycles.